The van der Waals surface area contributed by atoms with E-state index in [9.17, 15) is 0 Å². The number of rotatable bonds is 3. The molecule has 0 spiro atoms. The standard InChI is InChI=1S/C12H14O/c1-10-4-2-3-5-12(10)13-9-8-11-6-7-11/h2-5,8H,6-7,9H2,1H3. The lowest BCUT2D eigenvalue weighted by atomic mass is 10.2. The van der Waals surface area contributed by atoms with E-state index in [0.29, 0.717) is 0 Å². The van der Waals surface area contributed by atoms with Crippen molar-refractivity contribution in [3.05, 3.63) is 41.5 Å². The third-order valence-electron chi connectivity index (χ3n) is 2.24. The Kier molecular flexibility index (Phi) is 2.35. The molecule has 1 fully saturated rings. The van der Waals surface area contributed by atoms with Crippen LogP contribution >= 0.6 is 0 Å². The fourth-order valence-electron chi connectivity index (χ4n) is 1.24. The summed E-state index contributed by atoms with van der Waals surface area (Å²) < 4.78 is 5.61. The van der Waals surface area contributed by atoms with E-state index >= 15 is 0 Å². The maximum Gasteiger partial charge on any atom is 0.122 e. The molecule has 1 saturated carbocycles. The molecule has 0 aliphatic heterocycles. The van der Waals surface area contributed by atoms with E-state index in [2.05, 4.69) is 19.1 Å². The molecule has 2 rings (SSSR count). The molecule has 0 unspecified atom stereocenters. The van der Waals surface area contributed by atoms with Gasteiger partial charge in [-0.2, -0.15) is 0 Å². The average molecular weight is 174 g/mol. The Balaban J connectivity index is 1.93. The number of para-hydroxylation sites is 1. The van der Waals surface area contributed by atoms with Crippen LogP contribution in [0, 0.1) is 6.92 Å². The number of benzene rings is 1. The first-order valence-electron chi connectivity index (χ1n) is 4.72. The largest absolute Gasteiger partial charge is 0.489 e. The van der Waals surface area contributed by atoms with Gasteiger partial charge in [-0.05, 0) is 37.5 Å². The molecule has 1 aromatic carbocycles. The Morgan fingerprint density at radius 3 is 2.77 bits per heavy atom. The number of hydrogen-bond donors (Lipinski definition) is 0. The summed E-state index contributed by atoms with van der Waals surface area (Å²) in [5.74, 6) is 1.00. The highest BCUT2D eigenvalue weighted by atomic mass is 16.5. The van der Waals surface area contributed by atoms with Crippen LogP contribution < -0.4 is 4.74 Å². The number of allylic oxidation sites excluding steroid dienone is 1. The molecule has 0 radical (unpaired) electrons. The summed E-state index contributed by atoms with van der Waals surface area (Å²) in [6.07, 6.45) is 4.74. The number of aryl methyl sites for hydroxylation is 1. The second-order valence-corrected chi connectivity index (χ2v) is 3.44. The molecular weight excluding hydrogens is 160 g/mol. The quantitative estimate of drug-likeness (QED) is 0.640. The minimum absolute atomic E-state index is 0.722. The molecule has 0 saturated heterocycles. The predicted octanol–water partition coefficient (Wildman–Crippen LogP) is 3.09. The summed E-state index contributed by atoms with van der Waals surface area (Å²) in [5, 5.41) is 0. The number of ether oxygens (including phenoxy) is 1. The van der Waals surface area contributed by atoms with Gasteiger partial charge in [-0.15, -0.1) is 0 Å². The van der Waals surface area contributed by atoms with Crippen molar-refractivity contribution in [1.82, 2.24) is 0 Å². The minimum atomic E-state index is 0.722. The van der Waals surface area contributed by atoms with E-state index in [-0.39, 0.29) is 0 Å². The Labute approximate surface area is 79.0 Å². The van der Waals surface area contributed by atoms with Crippen LogP contribution in [0.15, 0.2) is 35.9 Å². The summed E-state index contributed by atoms with van der Waals surface area (Å²) in [5.41, 5.74) is 2.74. The minimum Gasteiger partial charge on any atom is -0.489 e. The zero-order valence-electron chi connectivity index (χ0n) is 7.92. The van der Waals surface area contributed by atoms with Crippen LogP contribution in [0.2, 0.25) is 0 Å². The van der Waals surface area contributed by atoms with Gasteiger partial charge < -0.3 is 4.74 Å². The highest BCUT2D eigenvalue weighted by molar-refractivity contribution is 5.32. The number of hydrogen-bond acceptors (Lipinski definition) is 1. The van der Waals surface area contributed by atoms with Gasteiger partial charge in [0.15, 0.2) is 0 Å². The van der Waals surface area contributed by atoms with Crippen molar-refractivity contribution < 1.29 is 4.74 Å². The van der Waals surface area contributed by atoms with Gasteiger partial charge in [0.2, 0.25) is 0 Å². The summed E-state index contributed by atoms with van der Waals surface area (Å²) >= 11 is 0. The van der Waals surface area contributed by atoms with Crippen LogP contribution in [0.5, 0.6) is 5.75 Å². The van der Waals surface area contributed by atoms with Gasteiger partial charge in [0.25, 0.3) is 0 Å². The van der Waals surface area contributed by atoms with Gasteiger partial charge in [-0.3, -0.25) is 0 Å². The smallest absolute Gasteiger partial charge is 0.122 e. The van der Waals surface area contributed by atoms with E-state index in [1.54, 1.807) is 0 Å². The molecule has 68 valence electrons. The molecule has 1 nitrogen and oxygen atoms in total. The van der Waals surface area contributed by atoms with Gasteiger partial charge in [0.1, 0.15) is 12.4 Å². The first-order valence-corrected chi connectivity index (χ1v) is 4.72. The van der Waals surface area contributed by atoms with Gasteiger partial charge in [0.05, 0.1) is 0 Å². The lowest BCUT2D eigenvalue weighted by Crippen LogP contribution is -1.94. The maximum absolute atomic E-state index is 5.61. The lowest BCUT2D eigenvalue weighted by Gasteiger charge is -2.05. The van der Waals surface area contributed by atoms with Crippen molar-refractivity contribution in [2.75, 3.05) is 6.61 Å². The van der Waals surface area contributed by atoms with Crippen molar-refractivity contribution in [3.63, 3.8) is 0 Å². The lowest BCUT2D eigenvalue weighted by molar-refractivity contribution is 0.360. The second kappa shape index (κ2) is 3.65. The molecule has 0 amide bonds. The fraction of sp³-hybridized carbons (Fsp3) is 0.333. The SMILES string of the molecule is Cc1ccccc1OCC=C1CC1. The third-order valence-corrected chi connectivity index (χ3v) is 2.24. The van der Waals surface area contributed by atoms with E-state index < -0.39 is 0 Å². The fourth-order valence-corrected chi connectivity index (χ4v) is 1.24. The Hall–Kier alpha value is -1.24. The van der Waals surface area contributed by atoms with Crippen LogP contribution in [0.4, 0.5) is 0 Å². The molecule has 13 heavy (non-hydrogen) atoms. The Morgan fingerprint density at radius 1 is 1.31 bits per heavy atom. The molecule has 0 atom stereocenters. The molecule has 0 bridgehead atoms. The Morgan fingerprint density at radius 2 is 2.08 bits per heavy atom. The summed E-state index contributed by atoms with van der Waals surface area (Å²) in [4.78, 5) is 0. The van der Waals surface area contributed by atoms with E-state index in [0.717, 1.165) is 12.4 Å². The molecule has 1 aliphatic carbocycles. The highest BCUT2D eigenvalue weighted by Crippen LogP contribution is 2.27. The van der Waals surface area contributed by atoms with Crippen molar-refractivity contribution in [2.24, 2.45) is 0 Å². The van der Waals surface area contributed by atoms with Crippen LogP contribution in [0.3, 0.4) is 0 Å². The van der Waals surface area contributed by atoms with E-state index in [1.807, 2.05) is 18.2 Å². The highest BCUT2D eigenvalue weighted by Gasteiger charge is 2.09. The zero-order chi connectivity index (χ0) is 9.10. The molecule has 1 aliphatic rings. The molecule has 1 aromatic rings. The topological polar surface area (TPSA) is 9.23 Å². The van der Waals surface area contributed by atoms with Gasteiger partial charge in [-0.25, -0.2) is 0 Å². The molecule has 0 heterocycles. The maximum atomic E-state index is 5.61. The summed E-state index contributed by atoms with van der Waals surface area (Å²) in [6, 6.07) is 8.12. The van der Waals surface area contributed by atoms with E-state index in [4.69, 9.17) is 4.74 Å². The normalized spacial score (nSPS) is 14.1. The van der Waals surface area contributed by atoms with Gasteiger partial charge in [-0.1, -0.05) is 23.8 Å². The Bertz CT molecular complexity index is 320. The molecule has 1 heteroatoms. The van der Waals surface area contributed by atoms with Crippen LogP contribution in [-0.2, 0) is 0 Å². The third kappa shape index (κ3) is 2.35. The monoisotopic (exact) mass is 174 g/mol. The van der Waals surface area contributed by atoms with Crippen molar-refractivity contribution >= 4 is 0 Å². The first kappa shape index (κ1) is 8.36. The average Bonchev–Trinajstić information content (AvgIpc) is 2.92. The van der Waals surface area contributed by atoms with Gasteiger partial charge >= 0.3 is 0 Å². The second-order valence-electron chi connectivity index (χ2n) is 3.44. The first-order chi connectivity index (χ1) is 6.36. The van der Waals surface area contributed by atoms with Crippen LogP contribution in [0.25, 0.3) is 0 Å². The summed E-state index contributed by atoms with van der Waals surface area (Å²) in [7, 11) is 0. The van der Waals surface area contributed by atoms with E-state index in [1.165, 1.54) is 24.0 Å². The molecule has 0 N–H and O–H groups in total. The van der Waals surface area contributed by atoms with Gasteiger partial charge in [0, 0.05) is 0 Å². The molecular formula is C12H14O. The zero-order valence-corrected chi connectivity index (χ0v) is 7.92. The predicted molar refractivity (Wildman–Crippen MR) is 54.0 cm³/mol. The van der Waals surface area contributed by atoms with Crippen LogP contribution in [-0.4, -0.2) is 6.61 Å². The van der Waals surface area contributed by atoms with Crippen molar-refractivity contribution in [1.29, 1.82) is 0 Å². The summed E-state index contributed by atoms with van der Waals surface area (Å²) in [6.45, 7) is 2.79. The van der Waals surface area contributed by atoms with Crippen molar-refractivity contribution in [3.8, 4) is 5.75 Å². The van der Waals surface area contributed by atoms with Crippen LogP contribution in [0.1, 0.15) is 18.4 Å². The van der Waals surface area contributed by atoms with Crippen molar-refractivity contribution in [2.45, 2.75) is 19.8 Å². The molecule has 0 aromatic heterocycles.